The van der Waals surface area contributed by atoms with Crippen LogP contribution in [0.25, 0.3) is 0 Å². The molecule has 5 heteroatoms. The molecule has 0 radical (unpaired) electrons. The number of nitrogens with one attached hydrogen (secondary N) is 1. The number of ether oxygens (including phenoxy) is 1. The zero-order valence-corrected chi connectivity index (χ0v) is 14.5. The zero-order valence-electron chi connectivity index (χ0n) is 14.5. The largest absolute Gasteiger partial charge is 0.504 e. The Morgan fingerprint density at radius 1 is 1.25 bits per heavy atom. The lowest BCUT2D eigenvalue weighted by atomic mass is 10.1. The van der Waals surface area contributed by atoms with Gasteiger partial charge >= 0.3 is 0 Å². The maximum absolute atomic E-state index is 11.7. The average molecular weight is 332 g/mol. The number of phenolic OH excluding ortho intramolecular Hbond substituents is 1. The van der Waals surface area contributed by atoms with E-state index in [0.717, 1.165) is 24.8 Å². The van der Waals surface area contributed by atoms with Crippen molar-refractivity contribution >= 4 is 12.1 Å². The van der Waals surface area contributed by atoms with Crippen molar-refractivity contribution in [1.29, 1.82) is 0 Å². The SMILES string of the molecule is C=CCCCCCCCCC(=O)N/N=C\c1ccc(O)c(OC)c1. The van der Waals surface area contributed by atoms with Gasteiger partial charge in [0.2, 0.25) is 5.91 Å². The van der Waals surface area contributed by atoms with Crippen molar-refractivity contribution in [3.63, 3.8) is 0 Å². The highest BCUT2D eigenvalue weighted by Crippen LogP contribution is 2.25. The molecule has 2 N–H and O–H groups in total. The molecule has 0 spiro atoms. The van der Waals surface area contributed by atoms with Crippen LogP contribution in [0.4, 0.5) is 0 Å². The first-order valence-electron chi connectivity index (χ1n) is 8.47. The molecule has 0 heterocycles. The Labute approximate surface area is 144 Å². The highest BCUT2D eigenvalue weighted by molar-refractivity contribution is 5.83. The third-order valence-electron chi connectivity index (χ3n) is 3.67. The number of methoxy groups -OCH3 is 1. The number of hydrazone groups is 1. The predicted molar refractivity (Wildman–Crippen MR) is 97.5 cm³/mol. The molecule has 0 unspecified atom stereocenters. The Balaban J connectivity index is 2.16. The van der Waals surface area contributed by atoms with Gasteiger partial charge in [-0.25, -0.2) is 5.43 Å². The summed E-state index contributed by atoms with van der Waals surface area (Å²) in [4.78, 5) is 11.7. The third-order valence-corrected chi connectivity index (χ3v) is 3.67. The van der Waals surface area contributed by atoms with E-state index in [1.807, 2.05) is 6.08 Å². The molecule has 1 aromatic carbocycles. The minimum absolute atomic E-state index is 0.0724. The summed E-state index contributed by atoms with van der Waals surface area (Å²) < 4.78 is 5.02. The van der Waals surface area contributed by atoms with Gasteiger partial charge < -0.3 is 9.84 Å². The summed E-state index contributed by atoms with van der Waals surface area (Å²) in [6.45, 7) is 3.71. The summed E-state index contributed by atoms with van der Waals surface area (Å²) in [7, 11) is 1.48. The molecule has 0 aliphatic heterocycles. The molecule has 24 heavy (non-hydrogen) atoms. The molecule has 0 atom stereocenters. The molecule has 1 rings (SSSR count). The van der Waals surface area contributed by atoms with E-state index >= 15 is 0 Å². The summed E-state index contributed by atoms with van der Waals surface area (Å²) in [5.41, 5.74) is 3.26. The monoisotopic (exact) mass is 332 g/mol. The number of rotatable bonds is 12. The molecular weight excluding hydrogens is 304 g/mol. The van der Waals surface area contributed by atoms with Gasteiger partial charge in [0, 0.05) is 6.42 Å². The Kier molecular flexibility index (Phi) is 10.0. The number of hydrogen-bond donors (Lipinski definition) is 2. The molecule has 0 aliphatic rings. The van der Waals surface area contributed by atoms with Crippen LogP contribution in [-0.2, 0) is 4.79 Å². The van der Waals surface area contributed by atoms with Gasteiger partial charge in [0.05, 0.1) is 13.3 Å². The topological polar surface area (TPSA) is 70.9 Å². The van der Waals surface area contributed by atoms with E-state index in [1.165, 1.54) is 45.1 Å². The normalized spacial score (nSPS) is 10.7. The number of unbranched alkanes of at least 4 members (excludes halogenated alkanes) is 6. The predicted octanol–water partition coefficient (Wildman–Crippen LogP) is 4.16. The highest BCUT2D eigenvalue weighted by Gasteiger charge is 2.02. The number of hydrogen-bond acceptors (Lipinski definition) is 4. The second-order valence-corrected chi connectivity index (χ2v) is 5.67. The van der Waals surface area contributed by atoms with Crippen LogP contribution >= 0.6 is 0 Å². The third kappa shape index (κ3) is 8.36. The van der Waals surface area contributed by atoms with Gasteiger partial charge in [-0.1, -0.05) is 31.8 Å². The average Bonchev–Trinajstić information content (AvgIpc) is 2.58. The molecule has 0 aromatic heterocycles. The molecular formula is C19H28N2O3. The molecule has 0 saturated carbocycles. The number of allylic oxidation sites excluding steroid dienone is 1. The minimum Gasteiger partial charge on any atom is -0.504 e. The summed E-state index contributed by atoms with van der Waals surface area (Å²) in [6.07, 6.45) is 11.8. The van der Waals surface area contributed by atoms with Crippen LogP contribution in [0.3, 0.4) is 0 Å². The van der Waals surface area contributed by atoms with Gasteiger partial charge in [0.25, 0.3) is 0 Å². The molecule has 1 aromatic rings. The fourth-order valence-electron chi connectivity index (χ4n) is 2.29. The van der Waals surface area contributed by atoms with Crippen molar-refractivity contribution in [2.45, 2.75) is 51.4 Å². The second-order valence-electron chi connectivity index (χ2n) is 5.67. The van der Waals surface area contributed by atoms with Crippen LogP contribution in [0, 0.1) is 0 Å². The van der Waals surface area contributed by atoms with Gasteiger partial charge in [-0.2, -0.15) is 5.10 Å². The highest BCUT2D eigenvalue weighted by atomic mass is 16.5. The molecule has 0 aliphatic carbocycles. The van der Waals surface area contributed by atoms with Crippen LogP contribution in [0.2, 0.25) is 0 Å². The Morgan fingerprint density at radius 2 is 1.96 bits per heavy atom. The van der Waals surface area contributed by atoms with E-state index in [9.17, 15) is 9.90 Å². The Morgan fingerprint density at radius 3 is 2.67 bits per heavy atom. The van der Waals surface area contributed by atoms with Gasteiger partial charge in [-0.05, 0) is 43.0 Å². The lowest BCUT2D eigenvalue weighted by Gasteiger charge is -2.03. The summed E-state index contributed by atoms with van der Waals surface area (Å²) in [5.74, 6) is 0.366. The number of nitrogens with zero attached hydrogens (tertiary/aromatic N) is 1. The van der Waals surface area contributed by atoms with Crippen LogP contribution in [0.5, 0.6) is 11.5 Å². The minimum atomic E-state index is -0.0800. The number of amides is 1. The Hall–Kier alpha value is -2.30. The quantitative estimate of drug-likeness (QED) is 0.261. The first-order chi connectivity index (χ1) is 11.7. The van der Waals surface area contributed by atoms with Gasteiger partial charge in [-0.15, -0.1) is 6.58 Å². The maximum atomic E-state index is 11.7. The maximum Gasteiger partial charge on any atom is 0.240 e. The Bertz CT molecular complexity index is 541. The van der Waals surface area contributed by atoms with Crippen LogP contribution in [0.15, 0.2) is 36.0 Å². The van der Waals surface area contributed by atoms with Crippen molar-refractivity contribution < 1.29 is 14.6 Å². The van der Waals surface area contributed by atoms with E-state index in [1.54, 1.807) is 12.1 Å². The number of aromatic hydroxyl groups is 1. The summed E-state index contributed by atoms with van der Waals surface area (Å²) in [6, 6.07) is 4.87. The van der Waals surface area contributed by atoms with Crippen molar-refractivity contribution in [3.8, 4) is 11.5 Å². The smallest absolute Gasteiger partial charge is 0.240 e. The number of phenols is 1. The zero-order chi connectivity index (χ0) is 17.6. The van der Waals surface area contributed by atoms with E-state index in [0.29, 0.717) is 12.2 Å². The van der Waals surface area contributed by atoms with Gasteiger partial charge in [0.1, 0.15) is 0 Å². The van der Waals surface area contributed by atoms with E-state index in [-0.39, 0.29) is 11.7 Å². The van der Waals surface area contributed by atoms with Gasteiger partial charge in [-0.3, -0.25) is 4.79 Å². The van der Waals surface area contributed by atoms with Crippen LogP contribution in [0.1, 0.15) is 56.9 Å². The van der Waals surface area contributed by atoms with Crippen molar-refractivity contribution in [2.75, 3.05) is 7.11 Å². The first-order valence-corrected chi connectivity index (χ1v) is 8.47. The molecule has 0 bridgehead atoms. The molecule has 132 valence electrons. The lowest BCUT2D eigenvalue weighted by Crippen LogP contribution is -2.16. The lowest BCUT2D eigenvalue weighted by molar-refractivity contribution is -0.121. The number of carbonyl (C=O) groups is 1. The van der Waals surface area contributed by atoms with E-state index in [2.05, 4.69) is 17.1 Å². The summed E-state index contributed by atoms with van der Waals surface area (Å²) >= 11 is 0. The van der Waals surface area contributed by atoms with Crippen molar-refractivity contribution in [3.05, 3.63) is 36.4 Å². The first kappa shape index (κ1) is 19.7. The fraction of sp³-hybridized carbons (Fsp3) is 0.474. The van der Waals surface area contributed by atoms with Crippen molar-refractivity contribution in [2.24, 2.45) is 5.10 Å². The second kappa shape index (κ2) is 12.2. The summed E-state index contributed by atoms with van der Waals surface area (Å²) in [5, 5.41) is 13.4. The van der Waals surface area contributed by atoms with Crippen molar-refractivity contribution in [1.82, 2.24) is 5.43 Å². The molecule has 1 amide bonds. The number of carbonyl (C=O) groups excluding carboxylic acids is 1. The number of benzene rings is 1. The van der Waals surface area contributed by atoms with Crippen LogP contribution in [-0.4, -0.2) is 24.3 Å². The van der Waals surface area contributed by atoms with Crippen LogP contribution < -0.4 is 10.2 Å². The molecule has 0 saturated heterocycles. The molecule has 5 nitrogen and oxygen atoms in total. The van der Waals surface area contributed by atoms with E-state index in [4.69, 9.17) is 4.74 Å². The standard InChI is InChI=1S/C19H28N2O3/c1-3-4-5-6-7-8-9-10-11-19(23)21-20-15-16-12-13-17(22)18(14-16)24-2/h3,12-15,22H,1,4-11H2,2H3,(H,21,23)/b20-15-. The van der Waals surface area contributed by atoms with E-state index < -0.39 is 0 Å². The molecule has 0 fully saturated rings. The van der Waals surface area contributed by atoms with Gasteiger partial charge in [0.15, 0.2) is 11.5 Å². The fourth-order valence-corrected chi connectivity index (χ4v) is 2.29.